The minimum Gasteiger partial charge on any atom is -0.380 e. The summed E-state index contributed by atoms with van der Waals surface area (Å²) >= 11 is 0. The van der Waals surface area contributed by atoms with Gasteiger partial charge in [-0.05, 0) is 104 Å². The minimum absolute atomic E-state index is 0. The Morgan fingerprint density at radius 2 is 1.71 bits per heavy atom. The van der Waals surface area contributed by atoms with Gasteiger partial charge < -0.3 is 4.74 Å². The average molecular weight is 516 g/mol. The standard InChI is InChI=1S/C35H47NO2.H2/c1-9-13-30(31-18-16-29(22-36)17-19-31)14-11-12-15-34(37)32-21-33(26(5)20-25(32)4)35(24(3)10-2)28(7)27(6)23-38-8;/h16-21,28,30H,6,9-15,23H2,1-5,7-8H3;1H/b35-24+;. The average Bonchev–Trinajstić information content (AvgIpc) is 2.91. The molecule has 0 radical (unpaired) electrons. The summed E-state index contributed by atoms with van der Waals surface area (Å²) in [5, 5.41) is 9.09. The van der Waals surface area contributed by atoms with Crippen LogP contribution in [0.4, 0.5) is 0 Å². The summed E-state index contributed by atoms with van der Waals surface area (Å²) in [5.41, 5.74) is 9.89. The molecule has 0 amide bonds. The number of ether oxygens (including phenoxy) is 1. The fraction of sp³-hybridized carbons (Fsp3) is 0.486. The van der Waals surface area contributed by atoms with Crippen molar-refractivity contribution in [2.24, 2.45) is 5.92 Å². The molecule has 0 aliphatic heterocycles. The number of nitrogens with zero attached hydrogens (tertiary/aromatic N) is 1. The summed E-state index contributed by atoms with van der Waals surface area (Å²) < 4.78 is 5.37. The number of benzene rings is 2. The van der Waals surface area contributed by atoms with Gasteiger partial charge in [-0.2, -0.15) is 5.26 Å². The van der Waals surface area contributed by atoms with Crippen molar-refractivity contribution < 1.29 is 11.0 Å². The second-order valence-electron chi connectivity index (χ2n) is 10.7. The number of nitriles is 1. The molecule has 0 aliphatic carbocycles. The fourth-order valence-corrected chi connectivity index (χ4v) is 5.45. The molecule has 38 heavy (non-hydrogen) atoms. The van der Waals surface area contributed by atoms with E-state index >= 15 is 0 Å². The van der Waals surface area contributed by atoms with Crippen molar-refractivity contribution in [1.29, 1.82) is 5.26 Å². The van der Waals surface area contributed by atoms with Crippen molar-refractivity contribution in [2.75, 3.05) is 13.7 Å². The van der Waals surface area contributed by atoms with Crippen molar-refractivity contribution >= 4 is 11.4 Å². The normalized spacial score (nSPS) is 13.4. The first kappa shape index (κ1) is 31.3. The van der Waals surface area contributed by atoms with Crippen molar-refractivity contribution in [3.8, 4) is 6.07 Å². The number of rotatable bonds is 15. The van der Waals surface area contributed by atoms with E-state index in [4.69, 9.17) is 10.00 Å². The number of allylic oxidation sites excluding steroid dienone is 2. The molecule has 0 aromatic heterocycles. The summed E-state index contributed by atoms with van der Waals surface area (Å²) in [6, 6.07) is 14.5. The van der Waals surface area contributed by atoms with E-state index in [9.17, 15) is 4.79 Å². The number of aryl methyl sites for hydroxylation is 2. The third-order valence-corrected chi connectivity index (χ3v) is 7.88. The SMILES string of the molecule is C=C(COC)C(C)/C(=C(/C)CC)c1cc(C(=O)CCCCC(CCC)c2ccc(C#N)cc2)c(C)cc1C.[HH]. The number of carbonyl (C=O) groups excluding carboxylic acids is 1. The molecule has 2 rings (SSSR count). The van der Waals surface area contributed by atoms with Crippen LogP contribution in [0.2, 0.25) is 0 Å². The number of Topliss-reactive ketones (excluding diaryl/α,β-unsaturated/α-hetero) is 1. The minimum atomic E-state index is 0. The van der Waals surface area contributed by atoms with Crippen LogP contribution < -0.4 is 0 Å². The summed E-state index contributed by atoms with van der Waals surface area (Å²) in [6.07, 6.45) is 6.72. The number of hydrogen-bond donors (Lipinski definition) is 0. The van der Waals surface area contributed by atoms with Gasteiger partial charge in [-0.3, -0.25) is 4.79 Å². The third-order valence-electron chi connectivity index (χ3n) is 7.88. The first-order chi connectivity index (χ1) is 18.2. The maximum absolute atomic E-state index is 13.4. The summed E-state index contributed by atoms with van der Waals surface area (Å²) in [7, 11) is 1.71. The van der Waals surface area contributed by atoms with E-state index in [0.717, 1.165) is 60.8 Å². The van der Waals surface area contributed by atoms with E-state index < -0.39 is 0 Å². The summed E-state index contributed by atoms with van der Waals surface area (Å²) in [6.45, 7) is 17.8. The molecule has 0 heterocycles. The van der Waals surface area contributed by atoms with Gasteiger partial charge in [0.2, 0.25) is 0 Å². The van der Waals surface area contributed by atoms with Crippen LogP contribution in [0.3, 0.4) is 0 Å². The predicted octanol–water partition coefficient (Wildman–Crippen LogP) is 9.77. The summed E-state index contributed by atoms with van der Waals surface area (Å²) in [5.74, 6) is 0.852. The molecule has 2 aromatic rings. The summed E-state index contributed by atoms with van der Waals surface area (Å²) in [4.78, 5) is 13.4. The Morgan fingerprint density at radius 1 is 1.05 bits per heavy atom. The largest absolute Gasteiger partial charge is 0.380 e. The number of carbonyl (C=O) groups is 1. The van der Waals surface area contributed by atoms with Crippen LogP contribution in [-0.2, 0) is 4.74 Å². The lowest BCUT2D eigenvalue weighted by atomic mass is 9.81. The van der Waals surface area contributed by atoms with Gasteiger partial charge in [-0.1, -0.05) is 64.0 Å². The Balaban J connectivity index is 0.00000760. The zero-order valence-electron chi connectivity index (χ0n) is 24.7. The molecule has 2 unspecified atom stereocenters. The van der Waals surface area contributed by atoms with Crippen molar-refractivity contribution in [2.45, 2.75) is 92.4 Å². The van der Waals surface area contributed by atoms with Gasteiger partial charge in [0.1, 0.15) is 0 Å². The molecule has 0 saturated heterocycles. The molecule has 0 fully saturated rings. The van der Waals surface area contributed by atoms with Gasteiger partial charge in [0.25, 0.3) is 0 Å². The molecule has 2 atom stereocenters. The van der Waals surface area contributed by atoms with E-state index in [2.05, 4.69) is 78.5 Å². The van der Waals surface area contributed by atoms with Gasteiger partial charge in [0.15, 0.2) is 5.78 Å². The second-order valence-corrected chi connectivity index (χ2v) is 10.7. The van der Waals surface area contributed by atoms with Gasteiger partial charge in [0.05, 0.1) is 18.2 Å². The number of methoxy groups -OCH3 is 1. The van der Waals surface area contributed by atoms with Crippen molar-refractivity contribution in [3.63, 3.8) is 0 Å². The molecule has 0 spiro atoms. The number of ketones is 1. The Bertz CT molecular complexity index is 1170. The lowest BCUT2D eigenvalue weighted by molar-refractivity contribution is 0.0978. The first-order valence-electron chi connectivity index (χ1n) is 14.2. The Hall–Kier alpha value is -2.96. The maximum atomic E-state index is 13.4. The number of hydrogen-bond acceptors (Lipinski definition) is 3. The van der Waals surface area contributed by atoms with Crippen LogP contribution in [-0.4, -0.2) is 19.5 Å². The lowest BCUT2D eigenvalue weighted by Gasteiger charge is -2.24. The highest BCUT2D eigenvalue weighted by Gasteiger charge is 2.21. The topological polar surface area (TPSA) is 50.1 Å². The zero-order valence-corrected chi connectivity index (χ0v) is 24.7. The fourth-order valence-electron chi connectivity index (χ4n) is 5.45. The van der Waals surface area contributed by atoms with Crippen LogP contribution in [0, 0.1) is 31.1 Å². The Labute approximate surface area is 233 Å². The van der Waals surface area contributed by atoms with E-state index in [0.29, 0.717) is 24.5 Å². The number of unbranched alkanes of at least 4 members (excludes halogenated alkanes) is 1. The lowest BCUT2D eigenvalue weighted by Crippen LogP contribution is -2.11. The maximum Gasteiger partial charge on any atom is 0.163 e. The Kier molecular flexibility index (Phi) is 12.7. The van der Waals surface area contributed by atoms with Crippen LogP contribution in [0.25, 0.3) is 5.57 Å². The van der Waals surface area contributed by atoms with Crippen LogP contribution in [0.15, 0.2) is 54.1 Å². The van der Waals surface area contributed by atoms with E-state index in [1.54, 1.807) is 7.11 Å². The highest BCUT2D eigenvalue weighted by Crippen LogP contribution is 2.36. The van der Waals surface area contributed by atoms with Gasteiger partial charge >= 0.3 is 0 Å². The second kappa shape index (κ2) is 15.5. The quantitative estimate of drug-likeness (QED) is 0.135. The smallest absolute Gasteiger partial charge is 0.163 e. The molecule has 3 heteroatoms. The molecule has 206 valence electrons. The molecule has 0 aliphatic rings. The van der Waals surface area contributed by atoms with Crippen LogP contribution in [0.1, 0.15) is 118 Å². The molecule has 3 nitrogen and oxygen atoms in total. The molecular weight excluding hydrogens is 466 g/mol. The van der Waals surface area contributed by atoms with E-state index in [1.807, 2.05) is 12.1 Å². The molecule has 2 aromatic carbocycles. The molecule has 0 saturated carbocycles. The molecular formula is C35H49NO2. The molecule has 0 N–H and O–H groups in total. The highest BCUT2D eigenvalue weighted by atomic mass is 16.5. The van der Waals surface area contributed by atoms with Gasteiger partial charge in [0, 0.05) is 26.4 Å². The van der Waals surface area contributed by atoms with E-state index in [-0.39, 0.29) is 13.1 Å². The van der Waals surface area contributed by atoms with Gasteiger partial charge in [-0.15, -0.1) is 0 Å². The van der Waals surface area contributed by atoms with Gasteiger partial charge in [-0.25, -0.2) is 0 Å². The Morgan fingerprint density at radius 3 is 2.29 bits per heavy atom. The van der Waals surface area contributed by atoms with Crippen LogP contribution in [0.5, 0.6) is 0 Å². The van der Waals surface area contributed by atoms with E-state index in [1.165, 1.54) is 22.3 Å². The third kappa shape index (κ3) is 8.27. The van der Waals surface area contributed by atoms with Crippen LogP contribution >= 0.6 is 0 Å². The van der Waals surface area contributed by atoms with Crippen molar-refractivity contribution in [3.05, 3.63) is 87.5 Å². The highest BCUT2D eigenvalue weighted by molar-refractivity contribution is 5.98. The van der Waals surface area contributed by atoms with Crippen molar-refractivity contribution in [1.82, 2.24) is 0 Å². The first-order valence-corrected chi connectivity index (χ1v) is 14.2. The molecule has 0 bridgehead atoms. The monoisotopic (exact) mass is 515 g/mol. The predicted molar refractivity (Wildman–Crippen MR) is 163 cm³/mol. The zero-order chi connectivity index (χ0) is 28.2.